The predicted octanol–water partition coefficient (Wildman–Crippen LogP) is 5.02. The van der Waals surface area contributed by atoms with Crippen molar-refractivity contribution < 1.29 is 4.74 Å². The molecule has 2 heteroatoms. The van der Waals surface area contributed by atoms with Gasteiger partial charge in [-0.1, -0.05) is 35.8 Å². The Balaban J connectivity index is 2.12. The molecule has 2 atom stereocenters. The SMILES string of the molecule is CCC1(CC)C(Br)CC1Oc1ccc(C)c(C)c1. The van der Waals surface area contributed by atoms with Gasteiger partial charge in [0.1, 0.15) is 11.9 Å². The Bertz CT molecular complexity index is 423. The Morgan fingerprint density at radius 3 is 2.39 bits per heavy atom. The maximum atomic E-state index is 6.22. The second-order valence-electron chi connectivity index (χ2n) is 5.50. The van der Waals surface area contributed by atoms with Crippen LogP contribution in [0, 0.1) is 19.3 Å². The van der Waals surface area contributed by atoms with E-state index in [1.165, 1.54) is 24.0 Å². The molecule has 0 bridgehead atoms. The van der Waals surface area contributed by atoms with Crippen molar-refractivity contribution in [2.45, 2.75) is 57.9 Å². The van der Waals surface area contributed by atoms with Gasteiger partial charge in [-0.2, -0.15) is 0 Å². The van der Waals surface area contributed by atoms with Crippen LogP contribution in [-0.2, 0) is 0 Å². The van der Waals surface area contributed by atoms with Gasteiger partial charge in [0, 0.05) is 10.2 Å². The number of hydrogen-bond donors (Lipinski definition) is 0. The molecule has 0 aromatic heterocycles. The molecule has 2 unspecified atom stereocenters. The first-order chi connectivity index (χ1) is 8.53. The van der Waals surface area contributed by atoms with E-state index < -0.39 is 0 Å². The summed E-state index contributed by atoms with van der Waals surface area (Å²) in [4.78, 5) is 0.608. The van der Waals surface area contributed by atoms with Crippen molar-refractivity contribution in [3.63, 3.8) is 0 Å². The van der Waals surface area contributed by atoms with E-state index in [-0.39, 0.29) is 0 Å². The fourth-order valence-corrected chi connectivity index (χ4v) is 4.25. The highest BCUT2D eigenvalue weighted by Gasteiger charge is 2.53. The van der Waals surface area contributed by atoms with Gasteiger partial charge in [-0.05, 0) is 56.4 Å². The molecule has 0 saturated heterocycles. The Morgan fingerprint density at radius 1 is 1.22 bits per heavy atom. The largest absolute Gasteiger partial charge is 0.490 e. The van der Waals surface area contributed by atoms with Crippen LogP contribution in [0.2, 0.25) is 0 Å². The number of aryl methyl sites for hydroxylation is 2. The van der Waals surface area contributed by atoms with Crippen molar-refractivity contribution in [3.05, 3.63) is 29.3 Å². The number of halogens is 1. The lowest BCUT2D eigenvalue weighted by Crippen LogP contribution is -2.56. The second kappa shape index (κ2) is 5.24. The molecule has 0 amide bonds. The van der Waals surface area contributed by atoms with Gasteiger partial charge in [0.15, 0.2) is 0 Å². The summed E-state index contributed by atoms with van der Waals surface area (Å²) in [5.41, 5.74) is 2.95. The second-order valence-corrected chi connectivity index (χ2v) is 6.60. The van der Waals surface area contributed by atoms with E-state index in [4.69, 9.17) is 4.74 Å². The molecule has 1 aromatic carbocycles. The Kier molecular flexibility index (Phi) is 4.05. The minimum absolute atomic E-state index is 0.318. The summed E-state index contributed by atoms with van der Waals surface area (Å²) in [6.45, 7) is 8.82. The third kappa shape index (κ3) is 2.20. The van der Waals surface area contributed by atoms with Crippen LogP contribution in [0.5, 0.6) is 5.75 Å². The smallest absolute Gasteiger partial charge is 0.120 e. The van der Waals surface area contributed by atoms with Gasteiger partial charge in [0.25, 0.3) is 0 Å². The lowest BCUT2D eigenvalue weighted by Gasteiger charge is -2.52. The maximum absolute atomic E-state index is 6.22. The molecule has 1 nitrogen and oxygen atoms in total. The lowest BCUT2D eigenvalue weighted by atomic mass is 9.62. The number of ether oxygens (including phenoxy) is 1. The van der Waals surface area contributed by atoms with E-state index in [0.717, 1.165) is 12.2 Å². The molecule has 1 aliphatic rings. The predicted molar refractivity (Wildman–Crippen MR) is 80.7 cm³/mol. The molecule has 0 aliphatic heterocycles. The summed E-state index contributed by atoms with van der Waals surface area (Å²) in [5, 5.41) is 0. The lowest BCUT2D eigenvalue weighted by molar-refractivity contribution is -0.0411. The third-order valence-electron chi connectivity index (χ3n) is 4.76. The van der Waals surface area contributed by atoms with Crippen LogP contribution in [0.4, 0.5) is 0 Å². The zero-order valence-corrected chi connectivity index (χ0v) is 13.4. The summed E-state index contributed by atoms with van der Waals surface area (Å²) in [6.07, 6.45) is 3.83. The molecule has 0 spiro atoms. The van der Waals surface area contributed by atoms with Crippen LogP contribution in [-0.4, -0.2) is 10.9 Å². The van der Waals surface area contributed by atoms with E-state index in [1.54, 1.807) is 0 Å². The van der Waals surface area contributed by atoms with E-state index in [1.807, 2.05) is 0 Å². The molecule has 1 fully saturated rings. The molecule has 1 aliphatic carbocycles. The first-order valence-corrected chi connectivity index (χ1v) is 7.83. The zero-order chi connectivity index (χ0) is 13.3. The van der Waals surface area contributed by atoms with Crippen molar-refractivity contribution in [2.24, 2.45) is 5.41 Å². The fraction of sp³-hybridized carbons (Fsp3) is 0.625. The van der Waals surface area contributed by atoms with Gasteiger partial charge in [-0.15, -0.1) is 0 Å². The number of alkyl halides is 1. The monoisotopic (exact) mass is 310 g/mol. The average Bonchev–Trinajstić information content (AvgIpc) is 2.35. The molecular formula is C16H23BrO. The molecule has 0 heterocycles. The minimum Gasteiger partial charge on any atom is -0.490 e. The standard InChI is InChI=1S/C16H23BrO/c1-5-16(6-2)14(17)10-15(16)18-13-8-7-11(3)12(4)9-13/h7-9,14-15H,5-6,10H2,1-4H3. The quantitative estimate of drug-likeness (QED) is 0.709. The average molecular weight is 311 g/mol. The van der Waals surface area contributed by atoms with Crippen LogP contribution < -0.4 is 4.74 Å². The molecule has 1 aromatic rings. The van der Waals surface area contributed by atoms with Crippen molar-refractivity contribution >= 4 is 15.9 Å². The van der Waals surface area contributed by atoms with E-state index in [0.29, 0.717) is 16.3 Å². The molecule has 0 N–H and O–H groups in total. The van der Waals surface area contributed by atoms with Crippen molar-refractivity contribution in [1.29, 1.82) is 0 Å². The summed E-state index contributed by atoms with van der Waals surface area (Å²) in [5.74, 6) is 1.02. The summed E-state index contributed by atoms with van der Waals surface area (Å²) in [6, 6.07) is 6.40. The highest BCUT2D eigenvalue weighted by atomic mass is 79.9. The van der Waals surface area contributed by atoms with Gasteiger partial charge in [-0.3, -0.25) is 0 Å². The molecule has 0 radical (unpaired) electrons. The normalized spacial score (nSPS) is 25.6. The van der Waals surface area contributed by atoms with Gasteiger partial charge >= 0.3 is 0 Å². The number of benzene rings is 1. The van der Waals surface area contributed by atoms with Crippen molar-refractivity contribution in [1.82, 2.24) is 0 Å². The Labute approximate surface area is 119 Å². The van der Waals surface area contributed by atoms with Crippen LogP contribution in [0.25, 0.3) is 0 Å². The van der Waals surface area contributed by atoms with Crippen molar-refractivity contribution in [2.75, 3.05) is 0 Å². The summed E-state index contributed by atoms with van der Waals surface area (Å²) >= 11 is 3.80. The summed E-state index contributed by atoms with van der Waals surface area (Å²) < 4.78 is 6.22. The van der Waals surface area contributed by atoms with E-state index in [9.17, 15) is 0 Å². The highest BCUT2D eigenvalue weighted by molar-refractivity contribution is 9.09. The van der Waals surface area contributed by atoms with Gasteiger partial charge in [0.05, 0.1) is 0 Å². The maximum Gasteiger partial charge on any atom is 0.120 e. The van der Waals surface area contributed by atoms with Crippen molar-refractivity contribution in [3.8, 4) is 5.75 Å². The van der Waals surface area contributed by atoms with E-state index in [2.05, 4.69) is 61.8 Å². The Hall–Kier alpha value is -0.500. The molecule has 2 rings (SSSR count). The Morgan fingerprint density at radius 2 is 1.89 bits per heavy atom. The highest BCUT2D eigenvalue weighted by Crippen LogP contribution is 2.52. The topological polar surface area (TPSA) is 9.23 Å². The van der Waals surface area contributed by atoms with Gasteiger partial charge < -0.3 is 4.74 Å². The minimum atomic E-state index is 0.318. The zero-order valence-electron chi connectivity index (χ0n) is 11.8. The molecular weight excluding hydrogens is 288 g/mol. The fourth-order valence-electron chi connectivity index (χ4n) is 2.96. The molecule has 1 saturated carbocycles. The van der Waals surface area contributed by atoms with Crippen LogP contribution in [0.15, 0.2) is 18.2 Å². The van der Waals surface area contributed by atoms with E-state index >= 15 is 0 Å². The first-order valence-electron chi connectivity index (χ1n) is 6.91. The van der Waals surface area contributed by atoms with Gasteiger partial charge in [0.2, 0.25) is 0 Å². The molecule has 100 valence electrons. The third-order valence-corrected chi connectivity index (χ3v) is 6.04. The number of hydrogen-bond acceptors (Lipinski definition) is 1. The van der Waals surface area contributed by atoms with Crippen LogP contribution in [0.1, 0.15) is 44.2 Å². The first kappa shape index (κ1) is 13.9. The van der Waals surface area contributed by atoms with Gasteiger partial charge in [-0.25, -0.2) is 0 Å². The molecule has 18 heavy (non-hydrogen) atoms. The van der Waals surface area contributed by atoms with Crippen LogP contribution in [0.3, 0.4) is 0 Å². The van der Waals surface area contributed by atoms with Crippen LogP contribution >= 0.6 is 15.9 Å². The number of rotatable bonds is 4. The summed E-state index contributed by atoms with van der Waals surface area (Å²) in [7, 11) is 0.